The van der Waals surface area contributed by atoms with Gasteiger partial charge in [0, 0.05) is 60.9 Å². The number of ether oxygens (including phenoxy) is 1. The lowest BCUT2D eigenvalue weighted by atomic mass is 9.92. The summed E-state index contributed by atoms with van der Waals surface area (Å²) in [6.07, 6.45) is -0.834. The van der Waals surface area contributed by atoms with Gasteiger partial charge in [0.1, 0.15) is 28.0 Å². The van der Waals surface area contributed by atoms with Crippen molar-refractivity contribution in [3.63, 3.8) is 0 Å². The monoisotopic (exact) mass is 735 g/mol. The van der Waals surface area contributed by atoms with Crippen molar-refractivity contribution in [2.24, 2.45) is 0 Å². The molecular formula is C38H45N3O8S2. The highest BCUT2D eigenvalue weighted by Crippen LogP contribution is 2.42. The molecule has 0 spiro atoms. The van der Waals surface area contributed by atoms with Gasteiger partial charge in [0.25, 0.3) is 10.1 Å². The van der Waals surface area contributed by atoms with E-state index < -0.39 is 33.3 Å². The molecule has 272 valence electrons. The third-order valence-corrected chi connectivity index (χ3v) is 10.3. The van der Waals surface area contributed by atoms with Crippen LogP contribution in [0.4, 0.5) is 5.69 Å². The molecule has 1 unspecified atom stereocenters. The first-order valence-corrected chi connectivity index (χ1v) is 19.5. The molecule has 0 saturated heterocycles. The summed E-state index contributed by atoms with van der Waals surface area (Å²) in [6.45, 7) is 11.3. The fraction of sp³-hybridized carbons (Fsp3) is 0.395. The number of anilines is 1. The van der Waals surface area contributed by atoms with Crippen LogP contribution in [-0.2, 0) is 19.6 Å². The van der Waals surface area contributed by atoms with Crippen molar-refractivity contribution in [1.82, 2.24) is 9.88 Å². The molecule has 0 fully saturated rings. The Hall–Kier alpha value is -4.14. The summed E-state index contributed by atoms with van der Waals surface area (Å²) in [4.78, 5) is 35.2. The first-order valence-electron chi connectivity index (χ1n) is 17.1. The minimum atomic E-state index is -4.24. The van der Waals surface area contributed by atoms with Crippen LogP contribution < -0.4 is 10.5 Å². The molecule has 13 heteroatoms. The highest BCUT2D eigenvalue weighted by Gasteiger charge is 2.28. The summed E-state index contributed by atoms with van der Waals surface area (Å²) in [5.41, 5.74) is 2.65. The van der Waals surface area contributed by atoms with Gasteiger partial charge in [-0.05, 0) is 77.3 Å². The molecule has 2 N–H and O–H groups in total. The normalized spacial score (nSPS) is 12.9. The fourth-order valence-corrected chi connectivity index (χ4v) is 7.70. The van der Waals surface area contributed by atoms with E-state index in [1.165, 1.54) is 11.3 Å². The number of rotatable bonds is 15. The number of fused-ring (bicyclic) bond motifs is 2. The number of carbonyl (C=O) groups is 1. The number of aliphatic hydroxyl groups excluding tert-OH is 1. The lowest BCUT2D eigenvalue weighted by Gasteiger charge is -2.30. The number of para-hydroxylation sites is 1. The molecule has 11 nitrogen and oxygen atoms in total. The van der Waals surface area contributed by atoms with Gasteiger partial charge in [-0.1, -0.05) is 36.4 Å². The van der Waals surface area contributed by atoms with Gasteiger partial charge < -0.3 is 19.2 Å². The number of aliphatic hydroxyl groups is 1. The van der Waals surface area contributed by atoms with Gasteiger partial charge in [-0.25, -0.2) is 9.78 Å². The minimum absolute atomic E-state index is 0.0352. The van der Waals surface area contributed by atoms with Crippen LogP contribution in [-0.4, -0.2) is 71.5 Å². The van der Waals surface area contributed by atoms with E-state index >= 15 is 0 Å². The van der Waals surface area contributed by atoms with Crippen LogP contribution in [0.15, 0.2) is 75.9 Å². The molecule has 2 aromatic heterocycles. The number of nitrogens with zero attached hydrogens (tertiary/aromatic N) is 3. The van der Waals surface area contributed by atoms with Gasteiger partial charge in [0.2, 0.25) is 0 Å². The molecule has 2 heterocycles. The van der Waals surface area contributed by atoms with E-state index in [0.29, 0.717) is 39.1 Å². The van der Waals surface area contributed by atoms with Crippen LogP contribution in [0.5, 0.6) is 0 Å². The minimum Gasteiger partial charge on any atom is -0.460 e. The standard InChI is InChI=1S/C38H45N3O8S2/c1-6-40(7-2)25-19-20-28-30(24-25)48-37(44)34(35-39-29-16-10-11-17-31(29)50-35)33(28)26-14-8-9-15-27(26)36(43)41(22-13-23-51(45,46)47)21-12-18-32(42)49-38(3,4)5/h8-11,14-17,19-20,24,36,43H,6-7,12-13,18,21-23H2,1-5H3,(H,45,46,47). The summed E-state index contributed by atoms with van der Waals surface area (Å²) in [5.74, 6) is -0.882. The molecule has 1 atom stereocenters. The molecule has 0 saturated carbocycles. The number of hydrogen-bond donors (Lipinski definition) is 2. The highest BCUT2D eigenvalue weighted by molar-refractivity contribution is 7.85. The average molecular weight is 736 g/mol. The summed E-state index contributed by atoms with van der Waals surface area (Å²) in [7, 11) is -4.24. The first kappa shape index (κ1) is 38.1. The zero-order valence-corrected chi connectivity index (χ0v) is 31.2. The van der Waals surface area contributed by atoms with Crippen LogP contribution >= 0.6 is 11.3 Å². The lowest BCUT2D eigenvalue weighted by Crippen LogP contribution is -2.33. The van der Waals surface area contributed by atoms with E-state index in [1.807, 2.05) is 54.6 Å². The number of thiazole rings is 1. The van der Waals surface area contributed by atoms with E-state index in [1.54, 1.807) is 37.8 Å². The number of carbonyl (C=O) groups excluding carboxylic acids is 1. The largest absolute Gasteiger partial charge is 0.460 e. The van der Waals surface area contributed by atoms with Gasteiger partial charge in [-0.3, -0.25) is 14.2 Å². The van der Waals surface area contributed by atoms with Crippen molar-refractivity contribution in [1.29, 1.82) is 0 Å². The quantitative estimate of drug-likeness (QED) is 0.0483. The maximum Gasteiger partial charge on any atom is 0.347 e. The Labute approximate surface area is 302 Å². The Morgan fingerprint density at radius 1 is 0.980 bits per heavy atom. The fourth-order valence-electron chi connectivity index (χ4n) is 6.20. The topological polar surface area (TPSA) is 150 Å². The molecule has 0 aliphatic carbocycles. The van der Waals surface area contributed by atoms with Crippen molar-refractivity contribution in [2.45, 2.75) is 65.7 Å². The number of esters is 1. The predicted molar refractivity (Wildman–Crippen MR) is 203 cm³/mol. The molecule has 0 aliphatic rings. The average Bonchev–Trinajstić information content (AvgIpc) is 3.50. The van der Waals surface area contributed by atoms with E-state index in [0.717, 1.165) is 29.0 Å². The van der Waals surface area contributed by atoms with Crippen LogP contribution in [0.3, 0.4) is 0 Å². The zero-order valence-electron chi connectivity index (χ0n) is 29.6. The smallest absolute Gasteiger partial charge is 0.347 e. The highest BCUT2D eigenvalue weighted by atomic mass is 32.2. The number of hydrogen-bond acceptors (Lipinski definition) is 11. The second-order valence-electron chi connectivity index (χ2n) is 13.3. The van der Waals surface area contributed by atoms with Crippen molar-refractivity contribution in [3.05, 3.63) is 82.7 Å². The van der Waals surface area contributed by atoms with Gasteiger partial charge >= 0.3 is 11.6 Å². The maximum absolute atomic E-state index is 14.1. The van der Waals surface area contributed by atoms with Gasteiger partial charge in [-0.2, -0.15) is 8.42 Å². The molecule has 51 heavy (non-hydrogen) atoms. The molecule has 0 amide bonds. The van der Waals surface area contributed by atoms with Crippen LogP contribution in [0.1, 0.15) is 65.7 Å². The van der Waals surface area contributed by atoms with Crippen molar-refractivity contribution in [3.8, 4) is 21.7 Å². The second-order valence-corrected chi connectivity index (χ2v) is 15.9. The molecule has 5 rings (SSSR count). The number of benzene rings is 3. The Bertz CT molecular complexity index is 2130. The summed E-state index contributed by atoms with van der Waals surface area (Å²) < 4.78 is 45.0. The van der Waals surface area contributed by atoms with E-state index in [2.05, 4.69) is 18.7 Å². The zero-order chi connectivity index (χ0) is 36.9. The number of aromatic nitrogens is 1. The van der Waals surface area contributed by atoms with Crippen molar-refractivity contribution in [2.75, 3.05) is 36.8 Å². The molecule has 0 bridgehead atoms. The third-order valence-electron chi connectivity index (χ3n) is 8.48. The maximum atomic E-state index is 14.1. The SMILES string of the molecule is CCN(CC)c1ccc2c(-c3ccccc3C(O)N(CCCC(=O)OC(C)(C)C)CCCS(=O)(=O)O)c(-c3nc4ccccc4s3)c(=O)oc2c1. The lowest BCUT2D eigenvalue weighted by molar-refractivity contribution is -0.155. The second kappa shape index (κ2) is 16.0. The van der Waals surface area contributed by atoms with Gasteiger partial charge in [-0.15, -0.1) is 11.3 Å². The van der Waals surface area contributed by atoms with Gasteiger partial charge in [0.05, 0.1) is 16.0 Å². The van der Waals surface area contributed by atoms with Crippen molar-refractivity contribution < 1.29 is 32.0 Å². The molecule has 0 radical (unpaired) electrons. The summed E-state index contributed by atoms with van der Waals surface area (Å²) in [6, 6.07) is 20.6. The van der Waals surface area contributed by atoms with Crippen LogP contribution in [0.25, 0.3) is 42.9 Å². The molecule has 0 aliphatic heterocycles. The molecule has 3 aromatic carbocycles. The van der Waals surface area contributed by atoms with Crippen LogP contribution in [0.2, 0.25) is 0 Å². The Kier molecular flexibility index (Phi) is 12.0. The Morgan fingerprint density at radius 3 is 2.35 bits per heavy atom. The Morgan fingerprint density at radius 2 is 1.67 bits per heavy atom. The predicted octanol–water partition coefficient (Wildman–Crippen LogP) is 7.28. The first-order chi connectivity index (χ1) is 24.2. The molecule has 5 aromatic rings. The third kappa shape index (κ3) is 9.40. The molecular weight excluding hydrogens is 691 g/mol. The summed E-state index contributed by atoms with van der Waals surface area (Å²) in [5, 5.41) is 13.2. The van der Waals surface area contributed by atoms with E-state index in [-0.39, 0.29) is 37.5 Å². The van der Waals surface area contributed by atoms with E-state index in [4.69, 9.17) is 14.1 Å². The van der Waals surface area contributed by atoms with Gasteiger partial charge in [0.15, 0.2) is 0 Å². The van der Waals surface area contributed by atoms with Crippen molar-refractivity contribution >= 4 is 54.3 Å². The summed E-state index contributed by atoms with van der Waals surface area (Å²) >= 11 is 1.37. The Balaban J connectivity index is 1.64. The van der Waals surface area contributed by atoms with Crippen LogP contribution in [0, 0.1) is 0 Å². The van der Waals surface area contributed by atoms with E-state index in [9.17, 15) is 27.7 Å².